The van der Waals surface area contributed by atoms with Crippen LogP contribution in [-0.4, -0.2) is 9.97 Å². The average molecular weight is 715 g/mol. The van der Waals surface area contributed by atoms with E-state index >= 15 is 0 Å². The first-order valence-electron chi connectivity index (χ1n) is 19.1. The predicted octanol–water partition coefficient (Wildman–Crippen LogP) is 13.3. The van der Waals surface area contributed by atoms with Gasteiger partial charge < -0.3 is 4.74 Å². The number of para-hydroxylation sites is 1. The third kappa shape index (κ3) is 4.98. The number of aromatic nitrogens is 2. The summed E-state index contributed by atoms with van der Waals surface area (Å²) in [7, 11) is 0. The number of rotatable bonds is 5. The monoisotopic (exact) mass is 714 g/mol. The van der Waals surface area contributed by atoms with Crippen LogP contribution in [0.3, 0.4) is 0 Å². The average Bonchev–Trinajstić information content (AvgIpc) is 3.57. The maximum absolute atomic E-state index is 6.71. The summed E-state index contributed by atoms with van der Waals surface area (Å²) < 4.78 is 6.71. The van der Waals surface area contributed by atoms with E-state index in [0.717, 1.165) is 73.0 Å². The van der Waals surface area contributed by atoms with Gasteiger partial charge in [0.2, 0.25) is 0 Å². The van der Waals surface area contributed by atoms with Crippen molar-refractivity contribution in [1.82, 2.24) is 9.97 Å². The third-order valence-electron chi connectivity index (χ3n) is 11.4. The second-order valence-electron chi connectivity index (χ2n) is 14.5. The van der Waals surface area contributed by atoms with E-state index in [4.69, 9.17) is 14.7 Å². The molecule has 0 atom stereocenters. The van der Waals surface area contributed by atoms with Crippen LogP contribution in [0, 0.1) is 0 Å². The topological polar surface area (TPSA) is 35.0 Å². The van der Waals surface area contributed by atoms with E-state index in [1.807, 2.05) is 18.2 Å². The van der Waals surface area contributed by atoms with Gasteiger partial charge >= 0.3 is 0 Å². The van der Waals surface area contributed by atoms with Crippen molar-refractivity contribution in [3.05, 3.63) is 229 Å². The van der Waals surface area contributed by atoms with Crippen LogP contribution < -0.4 is 4.74 Å². The summed E-state index contributed by atoms with van der Waals surface area (Å²) in [5.74, 6) is 2.46. The van der Waals surface area contributed by atoms with E-state index in [-0.39, 0.29) is 0 Å². The highest BCUT2D eigenvalue weighted by Crippen LogP contribution is 2.62. The molecular weight excluding hydrogens is 681 g/mol. The molecule has 1 aliphatic heterocycles. The van der Waals surface area contributed by atoms with Crippen LogP contribution in [0.25, 0.3) is 67.3 Å². The van der Waals surface area contributed by atoms with Gasteiger partial charge in [0, 0.05) is 27.8 Å². The summed E-state index contributed by atoms with van der Waals surface area (Å²) in [6.07, 6.45) is 0. The maximum atomic E-state index is 6.71. The van der Waals surface area contributed by atoms with Gasteiger partial charge in [-0.1, -0.05) is 176 Å². The maximum Gasteiger partial charge on any atom is 0.160 e. The molecule has 0 N–H and O–H groups in total. The normalized spacial score (nSPS) is 12.9. The molecule has 2 heterocycles. The van der Waals surface area contributed by atoms with Crippen molar-refractivity contribution in [2.24, 2.45) is 0 Å². The molecule has 3 heteroatoms. The van der Waals surface area contributed by atoms with E-state index in [1.54, 1.807) is 0 Å². The Balaban J connectivity index is 1.08. The predicted molar refractivity (Wildman–Crippen MR) is 227 cm³/mol. The molecular formula is C53H34N2O. The Morgan fingerprint density at radius 1 is 0.304 bits per heavy atom. The van der Waals surface area contributed by atoms with E-state index < -0.39 is 5.41 Å². The lowest BCUT2D eigenvalue weighted by molar-refractivity contribution is 0.436. The quantitative estimate of drug-likeness (QED) is 0.178. The van der Waals surface area contributed by atoms with Crippen molar-refractivity contribution in [3.8, 4) is 78.8 Å². The van der Waals surface area contributed by atoms with E-state index in [1.165, 1.54) is 22.3 Å². The number of ether oxygens (including phenoxy) is 1. The molecule has 0 fully saturated rings. The molecule has 0 unspecified atom stereocenters. The summed E-state index contributed by atoms with van der Waals surface area (Å²) in [5, 5.41) is 0. The van der Waals surface area contributed by atoms with Gasteiger partial charge in [-0.05, 0) is 74.8 Å². The first-order chi connectivity index (χ1) is 27.8. The highest BCUT2D eigenvalue weighted by molar-refractivity contribution is 5.90. The van der Waals surface area contributed by atoms with Gasteiger partial charge in [-0.3, -0.25) is 0 Å². The second-order valence-corrected chi connectivity index (χ2v) is 14.5. The lowest BCUT2D eigenvalue weighted by Crippen LogP contribution is -2.32. The zero-order chi connectivity index (χ0) is 37.1. The molecule has 1 aromatic heterocycles. The van der Waals surface area contributed by atoms with Crippen LogP contribution in [0.1, 0.15) is 22.3 Å². The fraction of sp³-hybridized carbons (Fsp3) is 0.0189. The molecule has 1 aliphatic carbocycles. The van der Waals surface area contributed by atoms with E-state index in [9.17, 15) is 0 Å². The first kappa shape index (κ1) is 32.1. The lowest BCUT2D eigenvalue weighted by Gasteiger charge is -2.39. The molecule has 0 bridgehead atoms. The van der Waals surface area contributed by atoms with E-state index in [2.05, 4.69) is 188 Å². The van der Waals surface area contributed by atoms with Gasteiger partial charge in [-0.2, -0.15) is 0 Å². The summed E-state index contributed by atoms with van der Waals surface area (Å²) in [4.78, 5) is 10.4. The summed E-state index contributed by atoms with van der Waals surface area (Å²) >= 11 is 0. The fourth-order valence-corrected chi connectivity index (χ4v) is 8.92. The van der Waals surface area contributed by atoms with Gasteiger partial charge in [0.25, 0.3) is 0 Å². The fourth-order valence-electron chi connectivity index (χ4n) is 8.92. The minimum Gasteiger partial charge on any atom is -0.457 e. The van der Waals surface area contributed by atoms with Crippen molar-refractivity contribution < 1.29 is 4.74 Å². The highest BCUT2D eigenvalue weighted by atomic mass is 16.5. The van der Waals surface area contributed by atoms with Gasteiger partial charge in [0.15, 0.2) is 5.82 Å². The molecule has 1 spiro atoms. The molecule has 262 valence electrons. The molecule has 2 aliphatic rings. The number of fused-ring (bicyclic) bond motifs is 9. The van der Waals surface area contributed by atoms with Crippen molar-refractivity contribution in [1.29, 1.82) is 0 Å². The Morgan fingerprint density at radius 3 is 1.55 bits per heavy atom. The lowest BCUT2D eigenvalue weighted by atomic mass is 9.66. The molecule has 8 aromatic carbocycles. The zero-order valence-electron chi connectivity index (χ0n) is 30.4. The molecule has 11 rings (SSSR count). The van der Waals surface area contributed by atoms with Crippen LogP contribution in [0.2, 0.25) is 0 Å². The Morgan fingerprint density at radius 2 is 0.821 bits per heavy atom. The summed E-state index contributed by atoms with van der Waals surface area (Å²) in [6, 6.07) is 73.0. The first-order valence-corrected chi connectivity index (χ1v) is 19.1. The molecule has 0 saturated heterocycles. The smallest absolute Gasteiger partial charge is 0.160 e. The van der Waals surface area contributed by atoms with E-state index in [0.29, 0.717) is 5.82 Å². The van der Waals surface area contributed by atoms with Crippen LogP contribution in [0.4, 0.5) is 0 Å². The van der Waals surface area contributed by atoms with Crippen molar-refractivity contribution in [3.63, 3.8) is 0 Å². The number of benzene rings is 8. The van der Waals surface area contributed by atoms with Gasteiger partial charge in [-0.25, -0.2) is 9.97 Å². The Labute approximate surface area is 326 Å². The number of hydrogen-bond acceptors (Lipinski definition) is 3. The molecule has 0 saturated carbocycles. The minimum absolute atomic E-state index is 0.525. The van der Waals surface area contributed by atoms with Crippen LogP contribution in [0.5, 0.6) is 11.5 Å². The van der Waals surface area contributed by atoms with Crippen molar-refractivity contribution in [2.45, 2.75) is 5.41 Å². The Hall–Kier alpha value is -7.36. The van der Waals surface area contributed by atoms with Crippen LogP contribution in [-0.2, 0) is 5.41 Å². The second kappa shape index (κ2) is 12.9. The molecule has 0 amide bonds. The Bertz CT molecular complexity index is 2910. The number of hydrogen-bond donors (Lipinski definition) is 0. The molecule has 56 heavy (non-hydrogen) atoms. The SMILES string of the molecule is c1ccc(-c2nc(-c3cccc(-c4ccc5c(c4)C4(c6ccccc6O5)c5ccccc5-c5ccccc54)c3)cc(-c3ccccc3-c3ccccc3)n2)cc1. The zero-order valence-corrected chi connectivity index (χ0v) is 30.4. The molecule has 0 radical (unpaired) electrons. The standard InChI is InChI=1S/C53H34N2O/c1-3-16-35(17-4-1)40-22-7-8-25-43(40)49-34-48(54-52(55-49)36-18-5-2-6-19-36)39-21-15-20-37(32-39)38-30-31-51-47(33-38)53(46-28-13-14-29-50(46)56-51)44-26-11-9-23-41(44)42-24-10-12-27-45(42)53/h1-34H. The summed E-state index contributed by atoms with van der Waals surface area (Å²) in [5.41, 5.74) is 16.2. The summed E-state index contributed by atoms with van der Waals surface area (Å²) in [6.45, 7) is 0. The largest absolute Gasteiger partial charge is 0.457 e. The van der Waals surface area contributed by atoms with Gasteiger partial charge in [0.1, 0.15) is 11.5 Å². The van der Waals surface area contributed by atoms with Gasteiger partial charge in [0.05, 0.1) is 16.8 Å². The number of nitrogens with zero attached hydrogens (tertiary/aromatic N) is 2. The van der Waals surface area contributed by atoms with Crippen molar-refractivity contribution >= 4 is 0 Å². The third-order valence-corrected chi connectivity index (χ3v) is 11.4. The van der Waals surface area contributed by atoms with Crippen LogP contribution >= 0.6 is 0 Å². The molecule has 3 nitrogen and oxygen atoms in total. The Kier molecular flexibility index (Phi) is 7.39. The highest BCUT2D eigenvalue weighted by Gasteiger charge is 2.51. The van der Waals surface area contributed by atoms with Crippen LogP contribution in [0.15, 0.2) is 206 Å². The van der Waals surface area contributed by atoms with Gasteiger partial charge in [-0.15, -0.1) is 0 Å². The van der Waals surface area contributed by atoms with Crippen molar-refractivity contribution in [2.75, 3.05) is 0 Å². The molecule has 9 aromatic rings. The minimum atomic E-state index is -0.525.